The minimum atomic E-state index is -1.31. The van der Waals surface area contributed by atoms with Gasteiger partial charge in [-0.2, -0.15) is 0 Å². The van der Waals surface area contributed by atoms with Crippen molar-refractivity contribution in [3.05, 3.63) is 0 Å². The van der Waals surface area contributed by atoms with E-state index in [0.29, 0.717) is 6.42 Å². The highest BCUT2D eigenvalue weighted by Gasteiger charge is 2.26. The first-order valence-electron chi connectivity index (χ1n) is 7.11. The number of hydrogen-bond acceptors (Lipinski definition) is 6. The Morgan fingerprint density at radius 3 is 2.09 bits per heavy atom. The number of carboxylic acid groups (broad SMARTS) is 1. The zero-order valence-electron chi connectivity index (χ0n) is 13.2. The molecule has 2 unspecified atom stereocenters. The number of carbonyl (C=O) groups excluding carboxylic acids is 3. The summed E-state index contributed by atoms with van der Waals surface area (Å²) in [5.74, 6) is -3.20. The second-order valence-corrected chi connectivity index (χ2v) is 5.31. The van der Waals surface area contributed by atoms with Crippen molar-refractivity contribution in [1.82, 2.24) is 16.0 Å². The van der Waals surface area contributed by atoms with Crippen LogP contribution in [0.3, 0.4) is 0 Å². The molecule has 0 aromatic rings. The van der Waals surface area contributed by atoms with Gasteiger partial charge in [0.2, 0.25) is 17.7 Å². The van der Waals surface area contributed by atoms with Crippen LogP contribution in [-0.4, -0.2) is 65.7 Å². The van der Waals surface area contributed by atoms with E-state index in [1.165, 1.54) is 0 Å². The van der Waals surface area contributed by atoms with Crippen LogP contribution in [0.15, 0.2) is 0 Å². The molecule has 0 saturated heterocycles. The van der Waals surface area contributed by atoms with E-state index in [0.717, 1.165) is 0 Å². The lowest BCUT2D eigenvalue weighted by molar-refractivity contribution is -0.138. The van der Waals surface area contributed by atoms with Gasteiger partial charge in [0.1, 0.15) is 18.6 Å². The molecule has 0 bridgehead atoms. The van der Waals surface area contributed by atoms with Crippen LogP contribution in [0.4, 0.5) is 0 Å². The van der Waals surface area contributed by atoms with Gasteiger partial charge < -0.3 is 31.9 Å². The first-order chi connectivity index (χ1) is 10.7. The zero-order valence-corrected chi connectivity index (χ0v) is 13.2. The number of aliphatic hydroxyl groups excluding tert-OH is 1. The highest BCUT2D eigenvalue weighted by atomic mass is 16.4. The number of amides is 3. The van der Waals surface area contributed by atoms with Crippen molar-refractivity contribution in [2.45, 2.75) is 32.4 Å². The van der Waals surface area contributed by atoms with E-state index in [-0.39, 0.29) is 12.5 Å². The normalized spacial score (nSPS) is 13.1. The van der Waals surface area contributed by atoms with Crippen LogP contribution in [0.1, 0.15) is 20.3 Å². The third kappa shape index (κ3) is 8.73. The molecule has 0 fully saturated rings. The molecule has 0 rings (SSSR count). The molecule has 2 atom stereocenters. The fourth-order valence-corrected chi connectivity index (χ4v) is 1.71. The molecule has 0 aromatic carbocycles. The molecule has 0 aliphatic carbocycles. The molecule has 3 amide bonds. The molecule has 7 N–H and O–H groups in total. The second-order valence-electron chi connectivity index (χ2n) is 5.31. The monoisotopic (exact) mass is 332 g/mol. The molecule has 0 aromatic heterocycles. The number of rotatable bonds is 10. The first-order valence-corrected chi connectivity index (χ1v) is 7.11. The number of carboxylic acids is 1. The molecule has 0 aliphatic rings. The molecule has 0 aliphatic heterocycles. The third-order valence-corrected chi connectivity index (χ3v) is 2.77. The number of aliphatic carboxylic acids is 1. The molecular weight excluding hydrogens is 308 g/mol. The van der Waals surface area contributed by atoms with Crippen molar-refractivity contribution >= 4 is 23.7 Å². The highest BCUT2D eigenvalue weighted by molar-refractivity contribution is 5.93. The second kappa shape index (κ2) is 10.5. The summed E-state index contributed by atoms with van der Waals surface area (Å²) in [6, 6.07) is -2.22. The largest absolute Gasteiger partial charge is 0.480 e. The summed E-state index contributed by atoms with van der Waals surface area (Å²) < 4.78 is 0. The van der Waals surface area contributed by atoms with E-state index in [1.54, 1.807) is 0 Å². The maximum Gasteiger partial charge on any atom is 0.322 e. The predicted molar refractivity (Wildman–Crippen MR) is 80.1 cm³/mol. The minimum Gasteiger partial charge on any atom is -0.480 e. The van der Waals surface area contributed by atoms with E-state index in [4.69, 9.17) is 10.8 Å². The van der Waals surface area contributed by atoms with Crippen LogP contribution in [0, 0.1) is 5.92 Å². The van der Waals surface area contributed by atoms with Crippen molar-refractivity contribution in [3.63, 3.8) is 0 Å². The zero-order chi connectivity index (χ0) is 18.0. The summed E-state index contributed by atoms with van der Waals surface area (Å²) in [4.78, 5) is 45.6. The molecule has 0 radical (unpaired) electrons. The summed E-state index contributed by atoms with van der Waals surface area (Å²) in [5, 5.41) is 24.4. The maximum absolute atomic E-state index is 12.2. The molecule has 10 heteroatoms. The van der Waals surface area contributed by atoms with Crippen LogP contribution < -0.4 is 21.7 Å². The summed E-state index contributed by atoms with van der Waals surface area (Å²) in [5.41, 5.74) is 5.19. The fraction of sp³-hybridized carbons (Fsp3) is 0.692. The lowest BCUT2D eigenvalue weighted by atomic mass is 10.0. The highest BCUT2D eigenvalue weighted by Crippen LogP contribution is 2.05. The van der Waals surface area contributed by atoms with Gasteiger partial charge in [0.05, 0.1) is 13.2 Å². The number of carbonyl (C=O) groups is 4. The van der Waals surface area contributed by atoms with Crippen LogP contribution in [0.5, 0.6) is 0 Å². The summed E-state index contributed by atoms with van der Waals surface area (Å²) in [6.45, 7) is 2.06. The minimum absolute atomic E-state index is 0.0808. The van der Waals surface area contributed by atoms with E-state index in [1.807, 2.05) is 19.2 Å². The van der Waals surface area contributed by atoms with Crippen LogP contribution in [-0.2, 0) is 19.2 Å². The van der Waals surface area contributed by atoms with E-state index in [9.17, 15) is 24.3 Å². The van der Waals surface area contributed by atoms with Gasteiger partial charge in [-0.3, -0.25) is 19.2 Å². The predicted octanol–water partition coefficient (Wildman–Crippen LogP) is -2.85. The maximum atomic E-state index is 12.2. The fourth-order valence-electron chi connectivity index (χ4n) is 1.71. The lowest BCUT2D eigenvalue weighted by Gasteiger charge is -2.23. The number of aliphatic hydroxyl groups is 1. The van der Waals surface area contributed by atoms with Gasteiger partial charge in [-0.15, -0.1) is 0 Å². The molecule has 0 spiro atoms. The van der Waals surface area contributed by atoms with Gasteiger partial charge in [0.15, 0.2) is 0 Å². The van der Waals surface area contributed by atoms with Crippen molar-refractivity contribution in [2.24, 2.45) is 11.7 Å². The van der Waals surface area contributed by atoms with Gasteiger partial charge in [0, 0.05) is 0 Å². The number of nitrogens with one attached hydrogen (secondary N) is 3. The Balaban J connectivity index is 4.80. The Morgan fingerprint density at radius 2 is 1.65 bits per heavy atom. The Labute approximate surface area is 133 Å². The molecule has 10 nitrogen and oxygen atoms in total. The molecule has 0 saturated carbocycles. The smallest absolute Gasteiger partial charge is 0.322 e. The Bertz CT molecular complexity index is 440. The Kier molecular flexibility index (Phi) is 9.51. The molecular formula is C13H24N4O6. The third-order valence-electron chi connectivity index (χ3n) is 2.77. The quantitative estimate of drug-likeness (QED) is 0.250. The van der Waals surface area contributed by atoms with Crippen molar-refractivity contribution < 1.29 is 29.4 Å². The number of hydrogen-bond donors (Lipinski definition) is 6. The van der Waals surface area contributed by atoms with Crippen molar-refractivity contribution in [2.75, 3.05) is 19.7 Å². The first kappa shape index (κ1) is 20.8. The van der Waals surface area contributed by atoms with Gasteiger partial charge in [-0.1, -0.05) is 13.8 Å². The van der Waals surface area contributed by atoms with Gasteiger partial charge in [-0.05, 0) is 12.3 Å². The lowest BCUT2D eigenvalue weighted by Crippen LogP contribution is -2.56. The molecule has 0 heterocycles. The topological polar surface area (TPSA) is 171 Å². The standard InChI is InChI=1S/C13H24N4O6/c1-7(2)3-8(16-10(19)4-14)13(23)17-9(6-18)12(22)15-5-11(20)21/h7-9,18H,3-6,14H2,1-2H3,(H,15,22)(H,16,19)(H,17,23)(H,20,21). The summed E-state index contributed by atoms with van der Waals surface area (Å²) in [7, 11) is 0. The van der Waals surface area contributed by atoms with Crippen LogP contribution >= 0.6 is 0 Å². The summed E-state index contributed by atoms with van der Waals surface area (Å²) in [6.07, 6.45) is 0.312. The molecule has 23 heavy (non-hydrogen) atoms. The molecule has 132 valence electrons. The van der Waals surface area contributed by atoms with E-state index >= 15 is 0 Å². The Morgan fingerprint density at radius 1 is 1.04 bits per heavy atom. The van der Waals surface area contributed by atoms with Crippen molar-refractivity contribution in [3.8, 4) is 0 Å². The SMILES string of the molecule is CC(C)CC(NC(=O)CN)C(=O)NC(CO)C(=O)NCC(=O)O. The van der Waals surface area contributed by atoms with E-state index < -0.39 is 48.9 Å². The van der Waals surface area contributed by atoms with Gasteiger partial charge in [0.25, 0.3) is 0 Å². The van der Waals surface area contributed by atoms with E-state index in [2.05, 4.69) is 10.6 Å². The van der Waals surface area contributed by atoms with Crippen molar-refractivity contribution in [1.29, 1.82) is 0 Å². The van der Waals surface area contributed by atoms with Gasteiger partial charge >= 0.3 is 5.97 Å². The average molecular weight is 332 g/mol. The van der Waals surface area contributed by atoms with Crippen LogP contribution in [0.2, 0.25) is 0 Å². The van der Waals surface area contributed by atoms with Gasteiger partial charge in [-0.25, -0.2) is 0 Å². The number of nitrogens with two attached hydrogens (primary N) is 1. The average Bonchev–Trinajstić information content (AvgIpc) is 2.48. The van der Waals surface area contributed by atoms with Crippen LogP contribution in [0.25, 0.3) is 0 Å². The Hall–Kier alpha value is -2.20. The summed E-state index contributed by atoms with van der Waals surface area (Å²) >= 11 is 0.